The number of ketones is 1. The predicted octanol–water partition coefficient (Wildman–Crippen LogP) is 2.14. The van der Waals surface area contributed by atoms with Crippen LogP contribution in [0.2, 0.25) is 0 Å². The molecule has 68 valence electrons. The van der Waals surface area contributed by atoms with Gasteiger partial charge in [0.05, 0.1) is 7.11 Å². The fourth-order valence-corrected chi connectivity index (χ4v) is 1.62. The SMILES string of the molecule is COc1cccc([C@H]2CCC2=O)c1. The van der Waals surface area contributed by atoms with Crippen LogP contribution in [0.25, 0.3) is 0 Å². The van der Waals surface area contributed by atoms with E-state index in [9.17, 15) is 4.79 Å². The summed E-state index contributed by atoms with van der Waals surface area (Å²) in [5.74, 6) is 1.32. The van der Waals surface area contributed by atoms with Crippen LogP contribution < -0.4 is 4.74 Å². The topological polar surface area (TPSA) is 26.3 Å². The predicted molar refractivity (Wildman–Crippen MR) is 50.0 cm³/mol. The highest BCUT2D eigenvalue weighted by molar-refractivity contribution is 5.91. The summed E-state index contributed by atoms with van der Waals surface area (Å²) < 4.78 is 5.10. The van der Waals surface area contributed by atoms with E-state index in [1.54, 1.807) is 7.11 Å². The molecule has 0 unspecified atom stereocenters. The van der Waals surface area contributed by atoms with Crippen LogP contribution in [0.5, 0.6) is 5.75 Å². The molecule has 1 aliphatic rings. The van der Waals surface area contributed by atoms with Crippen LogP contribution in [0.4, 0.5) is 0 Å². The van der Waals surface area contributed by atoms with E-state index < -0.39 is 0 Å². The number of Topliss-reactive ketones (excluding diaryl/α,β-unsaturated/α-hetero) is 1. The summed E-state index contributed by atoms with van der Waals surface area (Å²) in [5.41, 5.74) is 1.09. The van der Waals surface area contributed by atoms with Crippen LogP contribution >= 0.6 is 0 Å². The molecule has 0 bridgehead atoms. The maximum Gasteiger partial charge on any atom is 0.140 e. The lowest BCUT2D eigenvalue weighted by Gasteiger charge is -2.24. The summed E-state index contributed by atoms with van der Waals surface area (Å²) in [6, 6.07) is 7.76. The standard InChI is InChI=1S/C11H12O2/c1-13-9-4-2-3-8(7-9)10-5-6-11(10)12/h2-4,7,10H,5-6H2,1H3/t10-/m1/s1. The minimum atomic E-state index is 0.134. The molecule has 2 nitrogen and oxygen atoms in total. The van der Waals surface area contributed by atoms with Gasteiger partial charge in [0.2, 0.25) is 0 Å². The van der Waals surface area contributed by atoms with Crippen LogP contribution in [-0.4, -0.2) is 12.9 Å². The highest BCUT2D eigenvalue weighted by atomic mass is 16.5. The summed E-state index contributed by atoms with van der Waals surface area (Å²) in [4.78, 5) is 11.2. The molecule has 0 amide bonds. The Morgan fingerprint density at radius 3 is 2.85 bits per heavy atom. The number of benzene rings is 1. The molecule has 0 N–H and O–H groups in total. The van der Waals surface area contributed by atoms with E-state index >= 15 is 0 Å². The minimum Gasteiger partial charge on any atom is -0.497 e. The van der Waals surface area contributed by atoms with Crippen molar-refractivity contribution in [2.24, 2.45) is 0 Å². The van der Waals surface area contributed by atoms with Gasteiger partial charge < -0.3 is 4.74 Å². The van der Waals surface area contributed by atoms with E-state index in [0.29, 0.717) is 5.78 Å². The van der Waals surface area contributed by atoms with Gasteiger partial charge in [-0.2, -0.15) is 0 Å². The van der Waals surface area contributed by atoms with Crippen molar-refractivity contribution in [3.05, 3.63) is 29.8 Å². The molecule has 0 saturated heterocycles. The summed E-state index contributed by atoms with van der Waals surface area (Å²) in [5, 5.41) is 0. The maximum absolute atomic E-state index is 11.2. The second kappa shape index (κ2) is 3.21. The van der Waals surface area contributed by atoms with Gasteiger partial charge in [0.15, 0.2) is 0 Å². The zero-order valence-electron chi connectivity index (χ0n) is 7.62. The molecule has 1 atom stereocenters. The number of hydrogen-bond acceptors (Lipinski definition) is 2. The van der Waals surface area contributed by atoms with Crippen LogP contribution in [-0.2, 0) is 4.79 Å². The number of carbonyl (C=O) groups excluding carboxylic acids is 1. The smallest absolute Gasteiger partial charge is 0.140 e. The largest absolute Gasteiger partial charge is 0.497 e. The second-order valence-corrected chi connectivity index (χ2v) is 3.33. The van der Waals surface area contributed by atoms with Gasteiger partial charge in [0.1, 0.15) is 11.5 Å². The lowest BCUT2D eigenvalue weighted by molar-refractivity contribution is -0.125. The quantitative estimate of drug-likeness (QED) is 0.690. The average Bonchev–Trinajstić information content (AvgIpc) is 2.16. The fourth-order valence-electron chi connectivity index (χ4n) is 1.62. The van der Waals surface area contributed by atoms with Gasteiger partial charge in [-0.3, -0.25) is 4.79 Å². The van der Waals surface area contributed by atoms with E-state index in [4.69, 9.17) is 4.74 Å². The maximum atomic E-state index is 11.2. The number of hydrogen-bond donors (Lipinski definition) is 0. The van der Waals surface area contributed by atoms with Gasteiger partial charge in [-0.1, -0.05) is 12.1 Å². The van der Waals surface area contributed by atoms with Crippen molar-refractivity contribution in [1.29, 1.82) is 0 Å². The number of ether oxygens (including phenoxy) is 1. The fraction of sp³-hybridized carbons (Fsp3) is 0.364. The van der Waals surface area contributed by atoms with Crippen LogP contribution in [0, 0.1) is 0 Å². The monoisotopic (exact) mass is 176 g/mol. The van der Waals surface area contributed by atoms with Gasteiger partial charge >= 0.3 is 0 Å². The van der Waals surface area contributed by atoms with Crippen molar-refractivity contribution < 1.29 is 9.53 Å². The van der Waals surface area contributed by atoms with Gasteiger partial charge in [0.25, 0.3) is 0 Å². The number of carbonyl (C=O) groups is 1. The van der Waals surface area contributed by atoms with Gasteiger partial charge in [-0.15, -0.1) is 0 Å². The number of methoxy groups -OCH3 is 1. The number of rotatable bonds is 2. The summed E-state index contributed by atoms with van der Waals surface area (Å²) in [6.07, 6.45) is 1.73. The van der Waals surface area contributed by atoms with Gasteiger partial charge in [-0.05, 0) is 24.1 Å². The minimum absolute atomic E-state index is 0.134. The zero-order valence-corrected chi connectivity index (χ0v) is 7.62. The molecule has 1 aromatic carbocycles. The van der Waals surface area contributed by atoms with Crippen molar-refractivity contribution in [1.82, 2.24) is 0 Å². The normalized spacial score (nSPS) is 21.0. The molecule has 0 heterocycles. The van der Waals surface area contributed by atoms with Crippen molar-refractivity contribution in [3.8, 4) is 5.75 Å². The van der Waals surface area contributed by atoms with E-state index in [2.05, 4.69) is 0 Å². The third-order valence-electron chi connectivity index (χ3n) is 2.56. The zero-order chi connectivity index (χ0) is 9.26. The Labute approximate surface area is 77.5 Å². The Balaban J connectivity index is 2.24. The van der Waals surface area contributed by atoms with Crippen molar-refractivity contribution in [2.75, 3.05) is 7.11 Å². The average molecular weight is 176 g/mol. The van der Waals surface area contributed by atoms with Crippen LogP contribution in [0.1, 0.15) is 24.3 Å². The first-order chi connectivity index (χ1) is 6.31. The first-order valence-corrected chi connectivity index (χ1v) is 4.48. The molecule has 1 saturated carbocycles. The Bertz CT molecular complexity index is 331. The molecule has 0 radical (unpaired) electrons. The first-order valence-electron chi connectivity index (χ1n) is 4.48. The molecule has 1 aliphatic carbocycles. The molecular weight excluding hydrogens is 164 g/mol. The van der Waals surface area contributed by atoms with E-state index in [1.165, 1.54) is 0 Å². The van der Waals surface area contributed by atoms with Gasteiger partial charge in [-0.25, -0.2) is 0 Å². The molecule has 2 heteroatoms. The molecule has 13 heavy (non-hydrogen) atoms. The third-order valence-corrected chi connectivity index (χ3v) is 2.56. The lowest BCUT2D eigenvalue weighted by atomic mass is 9.79. The molecule has 1 fully saturated rings. The lowest BCUT2D eigenvalue weighted by Crippen LogP contribution is -2.23. The highest BCUT2D eigenvalue weighted by Crippen LogP contribution is 2.34. The summed E-state index contributed by atoms with van der Waals surface area (Å²) >= 11 is 0. The van der Waals surface area contributed by atoms with E-state index in [0.717, 1.165) is 24.2 Å². The second-order valence-electron chi connectivity index (χ2n) is 3.33. The highest BCUT2D eigenvalue weighted by Gasteiger charge is 2.29. The molecule has 0 aliphatic heterocycles. The first kappa shape index (κ1) is 8.30. The molecule has 0 aromatic heterocycles. The van der Waals surface area contributed by atoms with E-state index in [1.807, 2.05) is 24.3 Å². The van der Waals surface area contributed by atoms with E-state index in [-0.39, 0.29) is 5.92 Å². The molecular formula is C11H12O2. The van der Waals surface area contributed by atoms with Crippen molar-refractivity contribution in [3.63, 3.8) is 0 Å². The van der Waals surface area contributed by atoms with Crippen LogP contribution in [0.15, 0.2) is 24.3 Å². The summed E-state index contributed by atoms with van der Waals surface area (Å²) in [6.45, 7) is 0. The van der Waals surface area contributed by atoms with Crippen molar-refractivity contribution >= 4 is 5.78 Å². The Hall–Kier alpha value is -1.31. The Morgan fingerprint density at radius 2 is 2.31 bits per heavy atom. The molecule has 0 spiro atoms. The molecule has 2 rings (SSSR count). The molecule has 1 aromatic rings. The third kappa shape index (κ3) is 1.44. The Morgan fingerprint density at radius 1 is 1.46 bits per heavy atom. The summed E-state index contributed by atoms with van der Waals surface area (Å²) in [7, 11) is 1.64. The van der Waals surface area contributed by atoms with Crippen LogP contribution in [0.3, 0.4) is 0 Å². The van der Waals surface area contributed by atoms with Gasteiger partial charge in [0, 0.05) is 12.3 Å². The van der Waals surface area contributed by atoms with Crippen molar-refractivity contribution in [2.45, 2.75) is 18.8 Å². The Kier molecular flexibility index (Phi) is 2.05.